The maximum atomic E-state index is 11.4. The van der Waals surface area contributed by atoms with E-state index in [0.717, 1.165) is 31.8 Å². The van der Waals surface area contributed by atoms with Crippen LogP contribution in [0.15, 0.2) is 0 Å². The van der Waals surface area contributed by atoms with Gasteiger partial charge in [0.15, 0.2) is 0 Å². The van der Waals surface area contributed by atoms with Crippen LogP contribution < -0.4 is 5.32 Å². The standard InChI is InChI=1S/C14H28N2O2S/c1-4-14(5-2)11-16(8-9-19(3,17)18)13(10-15-14)12-6-7-12/h12-13,15H,4-11H2,1-3H3. The zero-order valence-electron chi connectivity index (χ0n) is 12.5. The van der Waals surface area contributed by atoms with Crippen LogP contribution in [0.1, 0.15) is 39.5 Å². The van der Waals surface area contributed by atoms with Crippen LogP contribution in [0.25, 0.3) is 0 Å². The number of hydrogen-bond acceptors (Lipinski definition) is 4. The molecule has 2 fully saturated rings. The molecule has 1 heterocycles. The van der Waals surface area contributed by atoms with Crippen molar-refractivity contribution in [3.63, 3.8) is 0 Å². The summed E-state index contributed by atoms with van der Waals surface area (Å²) in [6.45, 7) is 7.17. The molecule has 0 amide bonds. The van der Waals surface area contributed by atoms with Crippen molar-refractivity contribution in [1.29, 1.82) is 0 Å². The molecule has 0 aromatic carbocycles. The smallest absolute Gasteiger partial charge is 0.148 e. The fourth-order valence-electron chi connectivity index (χ4n) is 3.21. The van der Waals surface area contributed by atoms with E-state index in [1.54, 1.807) is 0 Å². The molecule has 2 aliphatic rings. The second kappa shape index (κ2) is 5.70. The van der Waals surface area contributed by atoms with Gasteiger partial charge in [-0.3, -0.25) is 4.90 Å². The first kappa shape index (κ1) is 15.3. The highest BCUT2D eigenvalue weighted by Crippen LogP contribution is 2.38. The third-order valence-corrected chi connectivity index (χ3v) is 5.85. The lowest BCUT2D eigenvalue weighted by atomic mass is 9.87. The normalized spacial score (nSPS) is 28.5. The van der Waals surface area contributed by atoms with Gasteiger partial charge in [-0.15, -0.1) is 0 Å². The van der Waals surface area contributed by atoms with Crippen LogP contribution in [-0.4, -0.2) is 56.5 Å². The van der Waals surface area contributed by atoms with Crippen LogP contribution in [0, 0.1) is 5.92 Å². The summed E-state index contributed by atoms with van der Waals surface area (Å²) in [6.07, 6.45) is 6.18. The maximum Gasteiger partial charge on any atom is 0.148 e. The Morgan fingerprint density at radius 1 is 1.26 bits per heavy atom. The van der Waals surface area contributed by atoms with Gasteiger partial charge in [0.1, 0.15) is 9.84 Å². The summed E-state index contributed by atoms with van der Waals surface area (Å²) >= 11 is 0. The third kappa shape index (κ3) is 3.92. The molecular formula is C14H28N2O2S. The summed E-state index contributed by atoms with van der Waals surface area (Å²) < 4.78 is 22.8. The molecule has 1 aliphatic carbocycles. The number of rotatable bonds is 6. The van der Waals surface area contributed by atoms with Crippen molar-refractivity contribution in [3.8, 4) is 0 Å². The van der Waals surface area contributed by atoms with Crippen molar-refractivity contribution in [3.05, 3.63) is 0 Å². The van der Waals surface area contributed by atoms with Crippen molar-refractivity contribution in [1.82, 2.24) is 10.2 Å². The summed E-state index contributed by atoms with van der Waals surface area (Å²) in [5.74, 6) is 1.08. The SMILES string of the molecule is CCC1(CC)CN(CCS(C)(=O)=O)C(C2CC2)CN1. The Bertz CT molecular complexity index is 400. The summed E-state index contributed by atoms with van der Waals surface area (Å²) in [6, 6.07) is 0.549. The van der Waals surface area contributed by atoms with E-state index in [9.17, 15) is 8.42 Å². The number of hydrogen-bond donors (Lipinski definition) is 1. The van der Waals surface area contributed by atoms with Crippen LogP contribution >= 0.6 is 0 Å². The molecule has 1 saturated heterocycles. The van der Waals surface area contributed by atoms with Gasteiger partial charge in [0.2, 0.25) is 0 Å². The Labute approximate surface area is 117 Å². The lowest BCUT2D eigenvalue weighted by molar-refractivity contribution is 0.0673. The molecule has 2 rings (SSSR count). The second-order valence-electron chi connectivity index (χ2n) is 6.37. The monoisotopic (exact) mass is 288 g/mol. The second-order valence-corrected chi connectivity index (χ2v) is 8.63. The van der Waals surface area contributed by atoms with Crippen molar-refractivity contribution >= 4 is 9.84 Å². The van der Waals surface area contributed by atoms with Gasteiger partial charge in [0.25, 0.3) is 0 Å². The molecule has 0 aromatic rings. The van der Waals surface area contributed by atoms with E-state index in [2.05, 4.69) is 24.1 Å². The maximum absolute atomic E-state index is 11.4. The van der Waals surface area contributed by atoms with Crippen LogP contribution in [0.2, 0.25) is 0 Å². The van der Waals surface area contributed by atoms with Gasteiger partial charge < -0.3 is 5.32 Å². The van der Waals surface area contributed by atoms with Gasteiger partial charge in [-0.05, 0) is 31.6 Å². The van der Waals surface area contributed by atoms with Gasteiger partial charge >= 0.3 is 0 Å². The quantitative estimate of drug-likeness (QED) is 0.800. The van der Waals surface area contributed by atoms with E-state index in [1.807, 2.05) is 0 Å². The lowest BCUT2D eigenvalue weighted by Crippen LogP contribution is -2.64. The molecule has 1 N–H and O–H groups in total. The Morgan fingerprint density at radius 3 is 2.37 bits per heavy atom. The highest BCUT2D eigenvalue weighted by Gasteiger charge is 2.42. The van der Waals surface area contributed by atoms with E-state index in [1.165, 1.54) is 19.1 Å². The molecule has 112 valence electrons. The topological polar surface area (TPSA) is 49.4 Å². The average molecular weight is 288 g/mol. The molecule has 19 heavy (non-hydrogen) atoms. The first-order chi connectivity index (χ1) is 8.89. The van der Waals surface area contributed by atoms with Crippen molar-refractivity contribution < 1.29 is 8.42 Å². The van der Waals surface area contributed by atoms with Gasteiger partial charge in [0.05, 0.1) is 5.75 Å². The zero-order valence-corrected chi connectivity index (χ0v) is 13.3. The molecule has 4 nitrogen and oxygen atoms in total. The summed E-state index contributed by atoms with van der Waals surface area (Å²) in [7, 11) is -2.87. The fourth-order valence-corrected chi connectivity index (χ4v) is 3.78. The molecule has 0 radical (unpaired) electrons. The zero-order chi connectivity index (χ0) is 14.1. The Hall–Kier alpha value is -0.130. The molecule has 0 aromatic heterocycles. The summed E-state index contributed by atoms with van der Waals surface area (Å²) in [5.41, 5.74) is 0.183. The predicted molar refractivity (Wildman–Crippen MR) is 79.1 cm³/mol. The fraction of sp³-hybridized carbons (Fsp3) is 1.00. The number of piperazine rings is 1. The molecule has 0 bridgehead atoms. The van der Waals surface area contributed by atoms with E-state index < -0.39 is 9.84 Å². The average Bonchev–Trinajstić information content (AvgIpc) is 3.19. The molecule has 5 heteroatoms. The summed E-state index contributed by atoms with van der Waals surface area (Å²) in [4.78, 5) is 2.45. The Kier molecular flexibility index (Phi) is 4.58. The van der Waals surface area contributed by atoms with E-state index >= 15 is 0 Å². The molecule has 1 aliphatic heterocycles. The Morgan fingerprint density at radius 2 is 1.89 bits per heavy atom. The minimum absolute atomic E-state index is 0.183. The molecular weight excluding hydrogens is 260 g/mol. The summed E-state index contributed by atoms with van der Waals surface area (Å²) in [5, 5.41) is 3.74. The third-order valence-electron chi connectivity index (χ3n) is 4.93. The van der Waals surface area contributed by atoms with E-state index in [4.69, 9.17) is 0 Å². The van der Waals surface area contributed by atoms with Crippen molar-refractivity contribution in [2.75, 3.05) is 31.6 Å². The van der Waals surface area contributed by atoms with E-state index in [0.29, 0.717) is 18.3 Å². The highest BCUT2D eigenvalue weighted by atomic mass is 32.2. The molecule has 1 unspecified atom stereocenters. The molecule has 0 spiro atoms. The lowest BCUT2D eigenvalue weighted by Gasteiger charge is -2.48. The molecule has 1 saturated carbocycles. The largest absolute Gasteiger partial charge is 0.308 e. The predicted octanol–water partition coefficient (Wildman–Crippen LogP) is 1.27. The van der Waals surface area contributed by atoms with Gasteiger partial charge in [-0.1, -0.05) is 13.8 Å². The number of sulfone groups is 1. The van der Waals surface area contributed by atoms with E-state index in [-0.39, 0.29) is 5.54 Å². The van der Waals surface area contributed by atoms with Crippen molar-refractivity contribution in [2.45, 2.75) is 51.1 Å². The van der Waals surface area contributed by atoms with Gasteiger partial charge in [0, 0.05) is 37.5 Å². The van der Waals surface area contributed by atoms with Crippen LogP contribution in [0.3, 0.4) is 0 Å². The first-order valence-corrected chi connectivity index (χ1v) is 9.62. The van der Waals surface area contributed by atoms with Gasteiger partial charge in [-0.2, -0.15) is 0 Å². The van der Waals surface area contributed by atoms with Crippen LogP contribution in [0.5, 0.6) is 0 Å². The first-order valence-electron chi connectivity index (χ1n) is 7.56. The molecule has 1 atom stereocenters. The van der Waals surface area contributed by atoms with Crippen LogP contribution in [-0.2, 0) is 9.84 Å². The minimum Gasteiger partial charge on any atom is -0.308 e. The Balaban J connectivity index is 2.03. The van der Waals surface area contributed by atoms with Gasteiger partial charge in [-0.25, -0.2) is 8.42 Å². The van der Waals surface area contributed by atoms with Crippen molar-refractivity contribution in [2.24, 2.45) is 5.92 Å². The van der Waals surface area contributed by atoms with Crippen LogP contribution in [0.4, 0.5) is 0 Å². The highest BCUT2D eigenvalue weighted by molar-refractivity contribution is 7.90. The minimum atomic E-state index is -2.87. The number of nitrogens with zero attached hydrogens (tertiary/aromatic N) is 1. The number of nitrogens with one attached hydrogen (secondary N) is 1.